The maximum Gasteiger partial charge on any atom is 0.251 e. The number of aromatic nitrogens is 2. The van der Waals surface area contributed by atoms with Crippen LogP contribution in [0.2, 0.25) is 0 Å². The van der Waals surface area contributed by atoms with Gasteiger partial charge in [-0.25, -0.2) is 0 Å². The van der Waals surface area contributed by atoms with E-state index in [4.69, 9.17) is 9.15 Å². The van der Waals surface area contributed by atoms with E-state index in [-0.39, 0.29) is 5.91 Å². The van der Waals surface area contributed by atoms with Crippen molar-refractivity contribution in [1.82, 2.24) is 15.5 Å². The largest absolute Gasteiger partial charge is 0.416 e. The number of rotatable bonds is 6. The van der Waals surface area contributed by atoms with Crippen molar-refractivity contribution in [2.24, 2.45) is 0 Å². The molecule has 0 bridgehead atoms. The molecule has 6 nitrogen and oxygen atoms in total. The molecule has 6 heteroatoms. The molecular formula is C19H19N3O3. The first kappa shape index (κ1) is 16.9. The summed E-state index contributed by atoms with van der Waals surface area (Å²) in [4.78, 5) is 12.0. The van der Waals surface area contributed by atoms with Crippen LogP contribution in [-0.4, -0.2) is 36.4 Å². The Morgan fingerprint density at radius 3 is 2.52 bits per heavy atom. The molecule has 0 unspecified atom stereocenters. The molecule has 3 rings (SSSR count). The Kier molecular flexibility index (Phi) is 5.20. The Morgan fingerprint density at radius 2 is 1.80 bits per heavy atom. The zero-order valence-electron chi connectivity index (χ0n) is 14.2. The molecule has 0 fully saturated rings. The van der Waals surface area contributed by atoms with E-state index in [1.54, 1.807) is 31.4 Å². The second-order valence-electron chi connectivity index (χ2n) is 5.55. The van der Waals surface area contributed by atoms with Gasteiger partial charge in [-0.05, 0) is 42.8 Å². The summed E-state index contributed by atoms with van der Waals surface area (Å²) in [5, 5.41) is 11.0. The maximum absolute atomic E-state index is 12.0. The average molecular weight is 337 g/mol. The first-order chi connectivity index (χ1) is 12.2. The number of hydrogen-bond acceptors (Lipinski definition) is 5. The predicted octanol–water partition coefficient (Wildman–Crippen LogP) is 3.09. The number of carbonyl (C=O) groups is 1. The van der Waals surface area contributed by atoms with Gasteiger partial charge in [-0.15, -0.1) is 10.2 Å². The Bertz CT molecular complexity index is 856. The van der Waals surface area contributed by atoms with E-state index in [2.05, 4.69) is 15.5 Å². The predicted molar refractivity (Wildman–Crippen MR) is 94.1 cm³/mol. The van der Waals surface area contributed by atoms with E-state index < -0.39 is 0 Å². The third kappa shape index (κ3) is 3.92. The van der Waals surface area contributed by atoms with Crippen LogP contribution in [0.1, 0.15) is 15.9 Å². The fourth-order valence-electron chi connectivity index (χ4n) is 2.39. The van der Waals surface area contributed by atoms with Gasteiger partial charge in [-0.1, -0.05) is 18.2 Å². The van der Waals surface area contributed by atoms with Crippen molar-refractivity contribution in [3.05, 3.63) is 59.7 Å². The molecule has 0 saturated heterocycles. The topological polar surface area (TPSA) is 77.2 Å². The first-order valence-electron chi connectivity index (χ1n) is 7.96. The molecule has 1 heterocycles. The molecule has 0 spiro atoms. The lowest BCUT2D eigenvalue weighted by atomic mass is 10.1. The van der Waals surface area contributed by atoms with Crippen LogP contribution in [0.3, 0.4) is 0 Å². The van der Waals surface area contributed by atoms with Crippen LogP contribution in [0.25, 0.3) is 22.9 Å². The highest BCUT2D eigenvalue weighted by Gasteiger charge is 2.13. The van der Waals surface area contributed by atoms with Crippen molar-refractivity contribution in [2.75, 3.05) is 20.3 Å². The Balaban J connectivity index is 1.75. The number of carbonyl (C=O) groups excluding carboxylic acids is 1. The van der Waals surface area contributed by atoms with Crippen molar-refractivity contribution >= 4 is 5.91 Å². The van der Waals surface area contributed by atoms with E-state index in [1.807, 2.05) is 31.2 Å². The molecule has 1 aromatic heterocycles. The van der Waals surface area contributed by atoms with Crippen molar-refractivity contribution in [3.63, 3.8) is 0 Å². The molecule has 0 aliphatic rings. The minimum Gasteiger partial charge on any atom is -0.416 e. The highest BCUT2D eigenvalue weighted by molar-refractivity contribution is 5.94. The Morgan fingerprint density at radius 1 is 1.08 bits per heavy atom. The average Bonchev–Trinajstić information content (AvgIpc) is 3.12. The van der Waals surface area contributed by atoms with E-state index in [0.29, 0.717) is 30.5 Å². The fourth-order valence-corrected chi connectivity index (χ4v) is 2.39. The molecular weight excluding hydrogens is 318 g/mol. The molecule has 0 saturated carbocycles. The zero-order chi connectivity index (χ0) is 17.6. The number of methoxy groups -OCH3 is 1. The van der Waals surface area contributed by atoms with Gasteiger partial charge < -0.3 is 14.5 Å². The number of benzene rings is 2. The highest BCUT2D eigenvalue weighted by atomic mass is 16.5. The standard InChI is InChI=1S/C19H19N3O3/c1-13-5-3-4-6-16(13)19-22-21-18(25-19)15-9-7-14(8-10-15)17(23)20-11-12-24-2/h3-10H,11-12H2,1-2H3,(H,20,23). The highest BCUT2D eigenvalue weighted by Crippen LogP contribution is 2.26. The van der Waals surface area contributed by atoms with E-state index >= 15 is 0 Å². The molecule has 1 amide bonds. The van der Waals surface area contributed by atoms with E-state index in [1.165, 1.54) is 0 Å². The third-order valence-corrected chi connectivity index (χ3v) is 3.79. The fraction of sp³-hybridized carbons (Fsp3) is 0.211. The SMILES string of the molecule is COCCNC(=O)c1ccc(-c2nnc(-c3ccccc3C)o2)cc1. The molecule has 0 atom stereocenters. The van der Waals surface area contributed by atoms with E-state index in [0.717, 1.165) is 16.7 Å². The lowest BCUT2D eigenvalue weighted by Gasteiger charge is -2.04. The van der Waals surface area contributed by atoms with Gasteiger partial charge in [-0.2, -0.15) is 0 Å². The van der Waals surface area contributed by atoms with Crippen molar-refractivity contribution in [1.29, 1.82) is 0 Å². The summed E-state index contributed by atoms with van der Waals surface area (Å²) < 4.78 is 10.7. The van der Waals surface area contributed by atoms with Gasteiger partial charge in [0.25, 0.3) is 5.91 Å². The summed E-state index contributed by atoms with van der Waals surface area (Å²) in [5.74, 6) is 0.758. The van der Waals surface area contributed by atoms with Crippen LogP contribution in [-0.2, 0) is 4.74 Å². The molecule has 128 valence electrons. The number of ether oxygens (including phenoxy) is 1. The molecule has 0 radical (unpaired) electrons. The number of aryl methyl sites for hydroxylation is 1. The quantitative estimate of drug-likeness (QED) is 0.700. The summed E-state index contributed by atoms with van der Waals surface area (Å²) in [6, 6.07) is 14.9. The van der Waals surface area contributed by atoms with Crippen LogP contribution in [0, 0.1) is 6.92 Å². The van der Waals surface area contributed by atoms with Crippen LogP contribution < -0.4 is 5.32 Å². The first-order valence-corrected chi connectivity index (χ1v) is 7.96. The molecule has 1 N–H and O–H groups in total. The molecule has 2 aromatic carbocycles. The van der Waals surface area contributed by atoms with Crippen LogP contribution in [0.4, 0.5) is 0 Å². The number of hydrogen-bond donors (Lipinski definition) is 1. The normalized spacial score (nSPS) is 10.6. The van der Waals surface area contributed by atoms with E-state index in [9.17, 15) is 4.79 Å². The monoisotopic (exact) mass is 337 g/mol. The number of nitrogens with zero attached hydrogens (tertiary/aromatic N) is 2. The Hall–Kier alpha value is -2.99. The number of amides is 1. The van der Waals surface area contributed by atoms with Crippen LogP contribution in [0.15, 0.2) is 52.9 Å². The summed E-state index contributed by atoms with van der Waals surface area (Å²) >= 11 is 0. The molecule has 0 aliphatic carbocycles. The van der Waals surface area contributed by atoms with Gasteiger partial charge in [0, 0.05) is 30.3 Å². The van der Waals surface area contributed by atoms with Crippen molar-refractivity contribution in [2.45, 2.75) is 6.92 Å². The minimum atomic E-state index is -0.144. The van der Waals surface area contributed by atoms with Gasteiger partial charge >= 0.3 is 0 Å². The van der Waals surface area contributed by atoms with Crippen LogP contribution >= 0.6 is 0 Å². The van der Waals surface area contributed by atoms with Crippen LogP contribution in [0.5, 0.6) is 0 Å². The minimum absolute atomic E-state index is 0.144. The smallest absolute Gasteiger partial charge is 0.251 e. The second kappa shape index (κ2) is 7.72. The lowest BCUT2D eigenvalue weighted by Crippen LogP contribution is -2.26. The van der Waals surface area contributed by atoms with Gasteiger partial charge in [-0.3, -0.25) is 4.79 Å². The van der Waals surface area contributed by atoms with Gasteiger partial charge in [0.15, 0.2) is 0 Å². The van der Waals surface area contributed by atoms with Gasteiger partial charge in [0.2, 0.25) is 11.8 Å². The van der Waals surface area contributed by atoms with Crippen molar-refractivity contribution < 1.29 is 13.9 Å². The summed E-state index contributed by atoms with van der Waals surface area (Å²) in [5.41, 5.74) is 3.32. The zero-order valence-corrected chi connectivity index (χ0v) is 14.2. The molecule has 25 heavy (non-hydrogen) atoms. The second-order valence-corrected chi connectivity index (χ2v) is 5.55. The lowest BCUT2D eigenvalue weighted by molar-refractivity contribution is 0.0937. The van der Waals surface area contributed by atoms with Gasteiger partial charge in [0.05, 0.1) is 6.61 Å². The number of nitrogens with one attached hydrogen (secondary N) is 1. The third-order valence-electron chi connectivity index (χ3n) is 3.79. The maximum atomic E-state index is 12.0. The molecule has 3 aromatic rings. The van der Waals surface area contributed by atoms with Gasteiger partial charge in [0.1, 0.15) is 0 Å². The summed E-state index contributed by atoms with van der Waals surface area (Å²) in [6.07, 6.45) is 0. The summed E-state index contributed by atoms with van der Waals surface area (Å²) in [6.45, 7) is 2.95. The Labute approximate surface area is 145 Å². The summed E-state index contributed by atoms with van der Waals surface area (Å²) in [7, 11) is 1.59. The van der Waals surface area contributed by atoms with Crippen molar-refractivity contribution in [3.8, 4) is 22.9 Å². The molecule has 0 aliphatic heterocycles.